The molecule has 2 heteroatoms. The van der Waals surface area contributed by atoms with Gasteiger partial charge in [0.2, 0.25) is 0 Å². The van der Waals surface area contributed by atoms with Gasteiger partial charge >= 0.3 is 37.7 Å². The second kappa shape index (κ2) is 4.38. The normalized spacial score (nSPS) is 20.0. The zero-order valence-corrected chi connectivity index (χ0v) is 3.24. The predicted molar refractivity (Wildman–Crippen MR) is 30.7 cm³/mol. The zero-order chi connectivity index (χ0) is 3.54. The molecule has 0 amide bonds. The summed E-state index contributed by atoms with van der Waals surface area (Å²) in [6, 6.07) is 0. The average Bonchev–Trinajstić information content (AvgIpc) is 1.76. The largest absolute Gasteiger partial charge is 0 e. The Labute approximate surface area is 69.5 Å². The van der Waals surface area contributed by atoms with Crippen LogP contribution in [0.1, 0.15) is 14.3 Å². The topological polar surface area (TPSA) is 9.23 Å². The third-order valence-electron chi connectivity index (χ3n) is 0.827. The first kappa shape index (κ1) is 7.22. The zero-order valence-electron chi connectivity index (χ0n) is 3.24. The predicted octanol–water partition coefficient (Wildman–Crippen LogP) is 0.127. The standard InChI is InChI=1S/C4H8O.Ca.H2.2H/c1-2-4-5-3-1;;;;/h1-4H2;;1H;;. The molecule has 1 fully saturated rings. The molecule has 1 rings (SSSR count). The van der Waals surface area contributed by atoms with E-state index >= 15 is 0 Å². The van der Waals surface area contributed by atoms with Gasteiger partial charge in [0.15, 0.2) is 0 Å². The summed E-state index contributed by atoms with van der Waals surface area (Å²) in [6.45, 7) is 2.00. The Morgan fingerprint density at radius 3 is 1.83 bits per heavy atom. The number of hydrogen-bond acceptors (Lipinski definition) is 1. The molecule has 1 aliphatic rings. The maximum atomic E-state index is 4.94. The quantitative estimate of drug-likeness (QED) is 0.409. The molecule has 0 spiro atoms. The van der Waals surface area contributed by atoms with Crippen molar-refractivity contribution in [3.63, 3.8) is 0 Å². The summed E-state index contributed by atoms with van der Waals surface area (Å²) in [4.78, 5) is 0. The summed E-state index contributed by atoms with van der Waals surface area (Å²) in [5.74, 6) is 0. The van der Waals surface area contributed by atoms with Gasteiger partial charge in [0, 0.05) is 14.6 Å². The van der Waals surface area contributed by atoms with Gasteiger partial charge in [-0.25, -0.2) is 0 Å². The molecule has 0 aromatic carbocycles. The van der Waals surface area contributed by atoms with Crippen LogP contribution in [0.2, 0.25) is 0 Å². The summed E-state index contributed by atoms with van der Waals surface area (Å²) in [5, 5.41) is 0. The van der Waals surface area contributed by atoms with Gasteiger partial charge in [-0.05, 0) is 12.8 Å². The molecule has 0 aromatic rings. The minimum absolute atomic E-state index is 0. The molecule has 1 saturated heterocycles. The van der Waals surface area contributed by atoms with E-state index in [1.807, 2.05) is 0 Å². The maximum Gasteiger partial charge on any atom is 0 e. The molecule has 6 heavy (non-hydrogen) atoms. The number of rotatable bonds is 0. The van der Waals surface area contributed by atoms with Crippen LogP contribution in [0.5, 0.6) is 0 Å². The molecule has 0 aliphatic carbocycles. The molecule has 0 saturated carbocycles. The molecule has 0 aromatic heterocycles. The van der Waals surface area contributed by atoms with Crippen molar-refractivity contribution < 1.29 is 6.16 Å². The first-order valence-electron chi connectivity index (χ1n) is 2.08. The van der Waals surface area contributed by atoms with Gasteiger partial charge < -0.3 is 4.74 Å². The molecular formula is C4H12CaO. The van der Waals surface area contributed by atoms with Crippen molar-refractivity contribution in [1.29, 1.82) is 0 Å². The van der Waals surface area contributed by atoms with E-state index in [1.54, 1.807) is 0 Å². The SMILES string of the molecule is C1CCOC1.[CaH2].[HH]. The molecule has 0 N–H and O–H groups in total. The molecule has 1 heterocycles. The molecular weight excluding hydrogens is 104 g/mol. The molecule has 0 unspecified atom stereocenters. The van der Waals surface area contributed by atoms with Crippen molar-refractivity contribution in [2.45, 2.75) is 12.8 Å². The monoisotopic (exact) mass is 116 g/mol. The van der Waals surface area contributed by atoms with E-state index in [4.69, 9.17) is 4.74 Å². The minimum Gasteiger partial charge on any atom is 0 e. The molecule has 0 atom stereocenters. The van der Waals surface area contributed by atoms with Crippen molar-refractivity contribution in [2.75, 3.05) is 13.2 Å². The fraction of sp³-hybridized carbons (Fsp3) is 1.00. The Balaban J connectivity index is 0. The van der Waals surface area contributed by atoms with Crippen LogP contribution in [0, 0.1) is 0 Å². The fourth-order valence-electron chi connectivity index (χ4n) is 0.510. The number of hydrogen-bond donors (Lipinski definition) is 0. The van der Waals surface area contributed by atoms with Crippen molar-refractivity contribution in [3.8, 4) is 0 Å². The summed E-state index contributed by atoms with van der Waals surface area (Å²) in [7, 11) is 0. The summed E-state index contributed by atoms with van der Waals surface area (Å²) < 4.78 is 4.94. The summed E-state index contributed by atoms with van der Waals surface area (Å²) >= 11 is 0. The Hall–Kier alpha value is 1.22. The van der Waals surface area contributed by atoms with Crippen LogP contribution in [0.15, 0.2) is 0 Å². The van der Waals surface area contributed by atoms with Gasteiger partial charge in [0.25, 0.3) is 0 Å². The third kappa shape index (κ3) is 2.40. The smallest absolute Gasteiger partial charge is 0 e. The number of ether oxygens (including phenoxy) is 1. The van der Waals surface area contributed by atoms with Crippen LogP contribution >= 0.6 is 0 Å². The van der Waals surface area contributed by atoms with Crippen LogP contribution in [-0.4, -0.2) is 51.0 Å². The van der Waals surface area contributed by atoms with Gasteiger partial charge in [0.1, 0.15) is 0 Å². The van der Waals surface area contributed by atoms with Crippen molar-refractivity contribution in [3.05, 3.63) is 0 Å². The first-order valence-corrected chi connectivity index (χ1v) is 2.08. The van der Waals surface area contributed by atoms with Gasteiger partial charge in [-0.2, -0.15) is 0 Å². The van der Waals surface area contributed by atoms with Gasteiger partial charge in [-0.15, -0.1) is 0 Å². The van der Waals surface area contributed by atoms with Gasteiger partial charge in [-0.3, -0.25) is 0 Å². The first-order chi connectivity index (χ1) is 2.50. The van der Waals surface area contributed by atoms with Crippen LogP contribution < -0.4 is 0 Å². The van der Waals surface area contributed by atoms with E-state index < -0.39 is 0 Å². The Kier molecular flexibility index (Phi) is 5.27. The minimum atomic E-state index is 0. The Bertz CT molecular complexity index is 23.3. The second-order valence-electron chi connectivity index (χ2n) is 1.32. The molecule has 36 valence electrons. The molecule has 0 bridgehead atoms. The van der Waals surface area contributed by atoms with Crippen LogP contribution in [0.25, 0.3) is 0 Å². The van der Waals surface area contributed by atoms with E-state index in [2.05, 4.69) is 0 Å². The van der Waals surface area contributed by atoms with Crippen molar-refractivity contribution >= 4 is 37.7 Å². The van der Waals surface area contributed by atoms with Crippen LogP contribution in [0.3, 0.4) is 0 Å². The Morgan fingerprint density at radius 2 is 1.67 bits per heavy atom. The van der Waals surface area contributed by atoms with Gasteiger partial charge in [0.05, 0.1) is 0 Å². The average molecular weight is 116 g/mol. The van der Waals surface area contributed by atoms with Gasteiger partial charge in [-0.1, -0.05) is 0 Å². The van der Waals surface area contributed by atoms with E-state index in [1.165, 1.54) is 12.8 Å². The van der Waals surface area contributed by atoms with E-state index in [0.29, 0.717) is 0 Å². The third-order valence-corrected chi connectivity index (χ3v) is 0.827. The maximum absolute atomic E-state index is 4.94. The summed E-state index contributed by atoms with van der Waals surface area (Å²) in [5.41, 5.74) is 0. The fourth-order valence-corrected chi connectivity index (χ4v) is 0.510. The second-order valence-corrected chi connectivity index (χ2v) is 1.32. The molecule has 1 aliphatic heterocycles. The van der Waals surface area contributed by atoms with Crippen molar-refractivity contribution in [2.24, 2.45) is 0 Å². The molecule has 0 radical (unpaired) electrons. The van der Waals surface area contributed by atoms with E-state index in [-0.39, 0.29) is 39.2 Å². The van der Waals surface area contributed by atoms with Crippen LogP contribution in [0.4, 0.5) is 0 Å². The summed E-state index contributed by atoms with van der Waals surface area (Å²) in [6.07, 6.45) is 2.56. The van der Waals surface area contributed by atoms with E-state index in [0.717, 1.165) is 13.2 Å². The van der Waals surface area contributed by atoms with Crippen molar-refractivity contribution in [1.82, 2.24) is 0 Å². The Morgan fingerprint density at radius 1 is 1.17 bits per heavy atom. The van der Waals surface area contributed by atoms with E-state index in [9.17, 15) is 0 Å². The van der Waals surface area contributed by atoms with Crippen LogP contribution in [-0.2, 0) is 4.74 Å². The molecule has 1 nitrogen and oxygen atoms in total.